The molecule has 248 valence electrons. The first-order chi connectivity index (χ1) is 24.3. The quantitative estimate of drug-likeness (QED) is 0.146. The molecule has 0 saturated heterocycles. The van der Waals surface area contributed by atoms with Gasteiger partial charge in [-0.1, -0.05) is 168 Å². The van der Waals surface area contributed by atoms with Crippen molar-refractivity contribution in [3.63, 3.8) is 0 Å². The molecule has 1 N–H and O–H groups in total. The molecule has 0 atom stereocenters. The highest BCUT2D eigenvalue weighted by atomic mass is 15.0. The molecule has 50 heavy (non-hydrogen) atoms. The highest BCUT2D eigenvalue weighted by molar-refractivity contribution is 6.14. The second kappa shape index (κ2) is 13.5. The Morgan fingerprint density at radius 3 is 1.94 bits per heavy atom. The predicted octanol–water partition coefficient (Wildman–Crippen LogP) is 13.6. The molecule has 0 heterocycles. The number of anilines is 1. The van der Waals surface area contributed by atoms with Gasteiger partial charge >= 0.3 is 0 Å². The summed E-state index contributed by atoms with van der Waals surface area (Å²) in [7, 11) is 0. The molecule has 0 radical (unpaired) electrons. The van der Waals surface area contributed by atoms with E-state index >= 15 is 0 Å². The van der Waals surface area contributed by atoms with Crippen molar-refractivity contribution in [2.45, 2.75) is 58.4 Å². The van der Waals surface area contributed by atoms with Crippen molar-refractivity contribution < 1.29 is 0 Å². The lowest BCUT2D eigenvalue weighted by molar-refractivity contribution is 0.453. The fourth-order valence-corrected chi connectivity index (χ4v) is 8.20. The van der Waals surface area contributed by atoms with Gasteiger partial charge in [0.1, 0.15) is 0 Å². The minimum absolute atomic E-state index is 0.183. The Hall–Kier alpha value is -5.40. The summed E-state index contributed by atoms with van der Waals surface area (Å²) in [5.41, 5.74) is 14.9. The summed E-state index contributed by atoms with van der Waals surface area (Å²) in [6.07, 6.45) is 8.27. The lowest BCUT2D eigenvalue weighted by Gasteiger charge is -2.36. The normalized spacial score (nSPS) is 13.9. The number of nitrogens with one attached hydrogen (secondary N) is 1. The van der Waals surface area contributed by atoms with E-state index in [0.717, 1.165) is 18.5 Å². The third-order valence-electron chi connectivity index (χ3n) is 11.1. The molecule has 1 nitrogen and oxygen atoms in total. The van der Waals surface area contributed by atoms with E-state index in [9.17, 15) is 0 Å². The van der Waals surface area contributed by atoms with E-state index in [1.807, 2.05) is 6.08 Å². The van der Waals surface area contributed by atoms with Gasteiger partial charge in [0.15, 0.2) is 0 Å². The Kier molecular flexibility index (Phi) is 8.93. The van der Waals surface area contributed by atoms with Crippen LogP contribution in [-0.2, 0) is 11.0 Å². The molecule has 0 unspecified atom stereocenters. The molecule has 1 heteroatoms. The average Bonchev–Trinajstić information content (AvgIpc) is 3.40. The van der Waals surface area contributed by atoms with Crippen molar-refractivity contribution in [3.8, 4) is 22.3 Å². The molecule has 0 saturated carbocycles. The summed E-state index contributed by atoms with van der Waals surface area (Å²) in [6, 6.07) is 48.9. The van der Waals surface area contributed by atoms with Crippen LogP contribution in [0.4, 0.5) is 5.69 Å². The molecule has 0 bridgehead atoms. The first kappa shape index (κ1) is 33.1. The first-order valence-electron chi connectivity index (χ1n) is 18.1. The summed E-state index contributed by atoms with van der Waals surface area (Å²) in [5.74, 6) is 0. The Balaban J connectivity index is 1.32. The zero-order chi connectivity index (χ0) is 34.9. The Morgan fingerprint density at radius 2 is 1.30 bits per heavy atom. The van der Waals surface area contributed by atoms with Crippen LogP contribution in [0.2, 0.25) is 0 Å². The zero-order valence-electron chi connectivity index (χ0n) is 30.1. The molecule has 0 amide bonds. The molecule has 0 aromatic heterocycles. The van der Waals surface area contributed by atoms with E-state index < -0.39 is 0 Å². The maximum atomic E-state index is 4.08. The SMILES string of the molecule is C=CC=C(C(=CC)c1cc2c(c3ccccc13)-c1ccc(C(CC)(CC)Nc3ccc(-c4ccccc4)cc3)cc1C2(C)C)c1ccccc1. The molecular formula is C49H47N. The second-order valence-corrected chi connectivity index (χ2v) is 14.0. The van der Waals surface area contributed by atoms with E-state index in [0.29, 0.717) is 0 Å². The summed E-state index contributed by atoms with van der Waals surface area (Å²) in [5, 5.41) is 6.58. The van der Waals surface area contributed by atoms with Gasteiger partial charge in [-0.15, -0.1) is 0 Å². The van der Waals surface area contributed by atoms with Gasteiger partial charge in [0.05, 0.1) is 5.54 Å². The highest BCUT2D eigenvalue weighted by Crippen LogP contribution is 2.54. The van der Waals surface area contributed by atoms with Crippen LogP contribution < -0.4 is 5.32 Å². The molecule has 1 aliphatic carbocycles. The van der Waals surface area contributed by atoms with Gasteiger partial charge in [-0.2, -0.15) is 0 Å². The summed E-state index contributed by atoms with van der Waals surface area (Å²) >= 11 is 0. The predicted molar refractivity (Wildman–Crippen MR) is 218 cm³/mol. The van der Waals surface area contributed by atoms with Gasteiger partial charge < -0.3 is 5.32 Å². The molecule has 7 rings (SSSR count). The first-order valence-corrected chi connectivity index (χ1v) is 18.1. The van der Waals surface area contributed by atoms with Crippen LogP contribution in [-0.4, -0.2) is 0 Å². The van der Waals surface area contributed by atoms with Crippen molar-refractivity contribution in [2.24, 2.45) is 0 Å². The average molecular weight is 650 g/mol. The van der Waals surface area contributed by atoms with Gasteiger partial charge in [0.25, 0.3) is 0 Å². The molecule has 6 aromatic carbocycles. The molecule has 0 fully saturated rings. The van der Waals surface area contributed by atoms with E-state index in [-0.39, 0.29) is 11.0 Å². The lowest BCUT2D eigenvalue weighted by atomic mass is 9.77. The summed E-state index contributed by atoms with van der Waals surface area (Å²) in [6.45, 7) is 15.7. The molecule has 6 aromatic rings. The smallest absolute Gasteiger partial charge is 0.0620 e. The third-order valence-corrected chi connectivity index (χ3v) is 11.1. The van der Waals surface area contributed by atoms with Gasteiger partial charge in [-0.3, -0.25) is 0 Å². The fourth-order valence-electron chi connectivity index (χ4n) is 8.20. The van der Waals surface area contributed by atoms with Crippen molar-refractivity contribution in [3.05, 3.63) is 186 Å². The topological polar surface area (TPSA) is 12.0 Å². The van der Waals surface area contributed by atoms with Crippen LogP contribution in [0.3, 0.4) is 0 Å². The van der Waals surface area contributed by atoms with E-state index in [1.54, 1.807) is 0 Å². The van der Waals surface area contributed by atoms with Crippen molar-refractivity contribution >= 4 is 27.6 Å². The lowest BCUT2D eigenvalue weighted by Crippen LogP contribution is -2.34. The standard InChI is InChI=1S/C49H47N/c1-7-19-40(36-22-15-12-16-23-36)39(8-2)44-33-46-47(42-25-18-17-24-41(42)44)43-31-28-37(32-45(43)48(46,5)6)49(9-3,10-4)50-38-29-26-35(27-30-38)34-20-13-11-14-21-34/h7-8,11-33,50H,1,9-10H2,2-6H3. The molecule has 1 aliphatic rings. The highest BCUT2D eigenvalue weighted by Gasteiger charge is 2.39. The Labute approximate surface area is 298 Å². The van der Waals surface area contributed by atoms with Crippen LogP contribution in [0.15, 0.2) is 158 Å². The Morgan fingerprint density at radius 1 is 0.680 bits per heavy atom. The van der Waals surface area contributed by atoms with E-state index in [4.69, 9.17) is 0 Å². The van der Waals surface area contributed by atoms with Crippen molar-refractivity contribution in [1.29, 1.82) is 0 Å². The number of benzene rings is 6. The summed E-state index contributed by atoms with van der Waals surface area (Å²) in [4.78, 5) is 0. The van der Waals surface area contributed by atoms with Crippen LogP contribution in [0.1, 0.15) is 75.3 Å². The molecule has 0 aliphatic heterocycles. The molecular weight excluding hydrogens is 603 g/mol. The van der Waals surface area contributed by atoms with Crippen LogP contribution in [0.25, 0.3) is 44.2 Å². The molecule has 0 spiro atoms. The maximum Gasteiger partial charge on any atom is 0.0620 e. The van der Waals surface area contributed by atoms with Crippen LogP contribution >= 0.6 is 0 Å². The number of hydrogen-bond donors (Lipinski definition) is 1. The van der Waals surface area contributed by atoms with Crippen LogP contribution in [0.5, 0.6) is 0 Å². The fraction of sp³-hybridized carbons (Fsp3) is 0.184. The monoisotopic (exact) mass is 649 g/mol. The maximum absolute atomic E-state index is 4.08. The van der Waals surface area contributed by atoms with Gasteiger partial charge in [-0.05, 0) is 110 Å². The minimum atomic E-state index is -0.195. The van der Waals surface area contributed by atoms with Gasteiger partial charge in [0.2, 0.25) is 0 Å². The largest absolute Gasteiger partial charge is 0.376 e. The second-order valence-electron chi connectivity index (χ2n) is 14.0. The zero-order valence-corrected chi connectivity index (χ0v) is 30.1. The van der Waals surface area contributed by atoms with E-state index in [2.05, 4.69) is 192 Å². The third kappa shape index (κ3) is 5.61. The number of allylic oxidation sites excluding steroid dienone is 5. The van der Waals surface area contributed by atoms with Crippen LogP contribution in [0, 0.1) is 0 Å². The van der Waals surface area contributed by atoms with Crippen molar-refractivity contribution in [2.75, 3.05) is 5.32 Å². The van der Waals surface area contributed by atoms with Gasteiger partial charge in [-0.25, -0.2) is 0 Å². The summed E-state index contributed by atoms with van der Waals surface area (Å²) < 4.78 is 0. The number of hydrogen-bond acceptors (Lipinski definition) is 1. The Bertz CT molecular complexity index is 2230. The van der Waals surface area contributed by atoms with E-state index in [1.165, 1.54) is 72.0 Å². The number of fused-ring (bicyclic) bond motifs is 5. The minimum Gasteiger partial charge on any atom is -0.376 e. The van der Waals surface area contributed by atoms with Crippen molar-refractivity contribution in [1.82, 2.24) is 0 Å². The number of rotatable bonds is 10. The van der Waals surface area contributed by atoms with Gasteiger partial charge in [0, 0.05) is 11.1 Å².